The van der Waals surface area contributed by atoms with E-state index in [4.69, 9.17) is 0 Å². The maximum absolute atomic E-state index is 9.64. The zero-order chi connectivity index (χ0) is 17.1. The number of hydrogen-bond acceptors (Lipinski definition) is 3. The van der Waals surface area contributed by atoms with Crippen LogP contribution in [0.4, 0.5) is 0 Å². The van der Waals surface area contributed by atoms with Crippen molar-refractivity contribution in [3.63, 3.8) is 0 Å². The van der Waals surface area contributed by atoms with Gasteiger partial charge in [0.25, 0.3) is 0 Å². The highest BCUT2D eigenvalue weighted by atomic mass is 32.1. The average molecular weight is 338 g/mol. The number of benzene rings is 3. The SMILES string of the molecule is N#C/C(=C\c1cccc2ccccc12)c1nc(-c2ccccc2)cs1. The molecule has 1 aromatic heterocycles. The first-order valence-corrected chi connectivity index (χ1v) is 8.84. The largest absolute Gasteiger partial charge is 0.235 e. The molecule has 0 radical (unpaired) electrons. The molecule has 3 heteroatoms. The van der Waals surface area contributed by atoms with Gasteiger partial charge in [-0.15, -0.1) is 11.3 Å². The van der Waals surface area contributed by atoms with Gasteiger partial charge in [0.15, 0.2) is 0 Å². The van der Waals surface area contributed by atoms with E-state index in [1.54, 1.807) is 0 Å². The molecule has 4 rings (SSSR count). The highest BCUT2D eigenvalue weighted by Crippen LogP contribution is 2.28. The minimum atomic E-state index is 0.587. The number of rotatable bonds is 3. The number of aromatic nitrogens is 1. The third-order valence-electron chi connectivity index (χ3n) is 4.05. The number of thiazole rings is 1. The Morgan fingerprint density at radius 3 is 2.52 bits per heavy atom. The van der Waals surface area contributed by atoms with Crippen molar-refractivity contribution in [2.24, 2.45) is 0 Å². The minimum absolute atomic E-state index is 0.587. The predicted molar refractivity (Wildman–Crippen MR) is 105 cm³/mol. The van der Waals surface area contributed by atoms with Gasteiger partial charge < -0.3 is 0 Å². The maximum Gasteiger partial charge on any atom is 0.134 e. The molecule has 0 saturated carbocycles. The van der Waals surface area contributed by atoms with Crippen LogP contribution in [0.25, 0.3) is 33.7 Å². The quantitative estimate of drug-likeness (QED) is 0.428. The molecule has 25 heavy (non-hydrogen) atoms. The summed E-state index contributed by atoms with van der Waals surface area (Å²) in [6.45, 7) is 0. The molecular weight excluding hydrogens is 324 g/mol. The Morgan fingerprint density at radius 2 is 1.68 bits per heavy atom. The van der Waals surface area contributed by atoms with Crippen molar-refractivity contribution in [2.75, 3.05) is 0 Å². The predicted octanol–water partition coefficient (Wildman–Crippen LogP) is 6.03. The van der Waals surface area contributed by atoms with Gasteiger partial charge >= 0.3 is 0 Å². The molecule has 0 saturated heterocycles. The van der Waals surface area contributed by atoms with Gasteiger partial charge in [0, 0.05) is 10.9 Å². The molecule has 0 unspecified atom stereocenters. The number of allylic oxidation sites excluding steroid dienone is 1. The summed E-state index contributed by atoms with van der Waals surface area (Å²) in [5.74, 6) is 0. The summed E-state index contributed by atoms with van der Waals surface area (Å²) in [6, 6.07) is 26.6. The van der Waals surface area contributed by atoms with Crippen LogP contribution in [0.2, 0.25) is 0 Å². The minimum Gasteiger partial charge on any atom is -0.235 e. The molecular formula is C22H14N2S. The molecule has 3 aromatic carbocycles. The summed E-state index contributed by atoms with van der Waals surface area (Å²) in [4.78, 5) is 4.66. The monoisotopic (exact) mass is 338 g/mol. The van der Waals surface area contributed by atoms with Gasteiger partial charge in [-0.2, -0.15) is 5.26 Å². The molecule has 0 spiro atoms. The van der Waals surface area contributed by atoms with Crippen molar-refractivity contribution in [2.45, 2.75) is 0 Å². The standard InChI is InChI=1S/C22H14N2S/c23-14-19(13-18-11-6-10-16-7-4-5-12-20(16)18)22-24-21(15-25-22)17-8-2-1-3-9-17/h1-13,15H/b19-13+. The molecule has 0 aliphatic rings. The summed E-state index contributed by atoms with van der Waals surface area (Å²) in [6.07, 6.45) is 1.93. The van der Waals surface area contributed by atoms with Gasteiger partial charge in [-0.3, -0.25) is 0 Å². The van der Waals surface area contributed by atoms with Crippen LogP contribution in [0.5, 0.6) is 0 Å². The van der Waals surface area contributed by atoms with E-state index in [1.165, 1.54) is 11.3 Å². The highest BCUT2D eigenvalue weighted by Gasteiger charge is 2.09. The van der Waals surface area contributed by atoms with Gasteiger partial charge in [-0.25, -0.2) is 4.98 Å². The summed E-state index contributed by atoms with van der Waals surface area (Å²) in [7, 11) is 0. The second-order valence-corrected chi connectivity index (χ2v) is 6.50. The summed E-state index contributed by atoms with van der Waals surface area (Å²) in [5, 5.41) is 14.7. The molecule has 0 amide bonds. The number of fused-ring (bicyclic) bond motifs is 1. The second kappa shape index (κ2) is 6.72. The fourth-order valence-electron chi connectivity index (χ4n) is 2.81. The van der Waals surface area contributed by atoms with Crippen LogP contribution in [0, 0.1) is 11.3 Å². The zero-order valence-electron chi connectivity index (χ0n) is 13.4. The first-order chi connectivity index (χ1) is 12.3. The smallest absolute Gasteiger partial charge is 0.134 e. The first-order valence-electron chi connectivity index (χ1n) is 7.96. The lowest BCUT2D eigenvalue weighted by atomic mass is 10.0. The van der Waals surface area contributed by atoms with E-state index < -0.39 is 0 Å². The topological polar surface area (TPSA) is 36.7 Å². The van der Waals surface area contributed by atoms with Crippen LogP contribution >= 0.6 is 11.3 Å². The Labute approximate surface area is 150 Å². The fourth-order valence-corrected chi connectivity index (χ4v) is 3.61. The lowest BCUT2D eigenvalue weighted by Crippen LogP contribution is -1.84. The molecule has 0 bridgehead atoms. The van der Waals surface area contributed by atoms with Crippen molar-refractivity contribution in [3.05, 3.63) is 88.7 Å². The fraction of sp³-hybridized carbons (Fsp3) is 0. The normalized spacial score (nSPS) is 11.4. The first kappa shape index (κ1) is 15.3. The van der Waals surface area contributed by atoms with Gasteiger partial charge in [0.2, 0.25) is 0 Å². The van der Waals surface area contributed by atoms with Gasteiger partial charge in [0.1, 0.15) is 11.1 Å². The number of nitrogens with zero attached hydrogens (tertiary/aromatic N) is 2. The van der Waals surface area contributed by atoms with Crippen molar-refractivity contribution in [3.8, 4) is 17.3 Å². The molecule has 1 heterocycles. The molecule has 4 aromatic rings. The van der Waals surface area contributed by atoms with Gasteiger partial charge in [-0.05, 0) is 22.4 Å². The van der Waals surface area contributed by atoms with Crippen LogP contribution in [0.1, 0.15) is 10.6 Å². The van der Waals surface area contributed by atoms with E-state index >= 15 is 0 Å². The van der Waals surface area contributed by atoms with Crippen molar-refractivity contribution < 1.29 is 0 Å². The molecule has 118 valence electrons. The Kier molecular flexibility index (Phi) is 4.12. The van der Waals surface area contributed by atoms with E-state index in [9.17, 15) is 5.26 Å². The maximum atomic E-state index is 9.64. The van der Waals surface area contributed by atoms with Crippen molar-refractivity contribution in [1.82, 2.24) is 4.98 Å². The zero-order valence-corrected chi connectivity index (χ0v) is 14.2. The average Bonchev–Trinajstić information content (AvgIpc) is 3.17. The Bertz CT molecular complexity index is 1100. The third kappa shape index (κ3) is 3.08. The second-order valence-electron chi connectivity index (χ2n) is 5.64. The van der Waals surface area contributed by atoms with Gasteiger partial charge in [-0.1, -0.05) is 72.8 Å². The third-order valence-corrected chi connectivity index (χ3v) is 4.92. The molecule has 0 N–H and O–H groups in total. The van der Waals surface area contributed by atoms with Gasteiger partial charge in [0.05, 0.1) is 11.3 Å². The van der Waals surface area contributed by atoms with E-state index in [-0.39, 0.29) is 0 Å². The molecule has 0 aliphatic carbocycles. The van der Waals surface area contributed by atoms with E-state index in [2.05, 4.69) is 29.3 Å². The lowest BCUT2D eigenvalue weighted by molar-refractivity contribution is 1.37. The summed E-state index contributed by atoms with van der Waals surface area (Å²) in [5.41, 5.74) is 3.58. The van der Waals surface area contributed by atoms with Crippen LogP contribution in [-0.4, -0.2) is 4.98 Å². The van der Waals surface area contributed by atoms with Crippen molar-refractivity contribution in [1.29, 1.82) is 5.26 Å². The Morgan fingerprint density at radius 1 is 0.920 bits per heavy atom. The lowest BCUT2D eigenvalue weighted by Gasteiger charge is -2.02. The van der Waals surface area contributed by atoms with E-state index in [1.807, 2.05) is 66.1 Å². The number of nitriles is 1. The number of hydrogen-bond donors (Lipinski definition) is 0. The highest BCUT2D eigenvalue weighted by molar-refractivity contribution is 7.11. The molecule has 0 aliphatic heterocycles. The Hall–Kier alpha value is -3.22. The van der Waals surface area contributed by atoms with Crippen LogP contribution in [0.3, 0.4) is 0 Å². The van der Waals surface area contributed by atoms with Crippen LogP contribution in [-0.2, 0) is 0 Å². The van der Waals surface area contributed by atoms with E-state index in [0.717, 1.165) is 32.6 Å². The van der Waals surface area contributed by atoms with Crippen LogP contribution < -0.4 is 0 Å². The van der Waals surface area contributed by atoms with E-state index in [0.29, 0.717) is 5.57 Å². The summed E-state index contributed by atoms with van der Waals surface area (Å²) >= 11 is 1.50. The summed E-state index contributed by atoms with van der Waals surface area (Å²) < 4.78 is 0. The van der Waals surface area contributed by atoms with Crippen molar-refractivity contribution >= 4 is 33.8 Å². The molecule has 0 atom stereocenters. The Balaban J connectivity index is 1.77. The molecule has 2 nitrogen and oxygen atoms in total. The molecule has 0 fully saturated rings. The van der Waals surface area contributed by atoms with Crippen LogP contribution in [0.15, 0.2) is 78.2 Å².